The third-order valence-corrected chi connectivity index (χ3v) is 4.98. The van der Waals surface area contributed by atoms with E-state index in [1.807, 2.05) is 29.8 Å². The second-order valence-corrected chi connectivity index (χ2v) is 6.98. The molecule has 138 valence electrons. The number of benzene rings is 2. The molecule has 6 nitrogen and oxygen atoms in total. The van der Waals surface area contributed by atoms with E-state index in [2.05, 4.69) is 16.3 Å². The first kappa shape index (κ1) is 19.1. The van der Waals surface area contributed by atoms with Gasteiger partial charge in [0.15, 0.2) is 11.0 Å². The zero-order valence-corrected chi connectivity index (χ0v) is 16.2. The lowest BCUT2D eigenvalue weighted by Crippen LogP contribution is -2.05. The van der Waals surface area contributed by atoms with Crippen LogP contribution in [-0.2, 0) is 13.7 Å². The minimum atomic E-state index is 0.287. The minimum Gasteiger partial charge on any atom is -0.493 e. The van der Waals surface area contributed by atoms with Gasteiger partial charge < -0.3 is 14.0 Å². The van der Waals surface area contributed by atoms with Crippen LogP contribution < -0.4 is 9.47 Å². The Hall–Kier alpha value is -2.69. The SMILES string of the molecule is Cn1c(COc2ccccc2Cl)nnc1SCCOc1ccc(C#N)cc1. The van der Waals surface area contributed by atoms with Gasteiger partial charge in [-0.1, -0.05) is 35.5 Å². The molecule has 0 aliphatic rings. The first-order chi connectivity index (χ1) is 13.2. The van der Waals surface area contributed by atoms with E-state index in [0.29, 0.717) is 28.8 Å². The Morgan fingerprint density at radius 2 is 1.89 bits per heavy atom. The fourth-order valence-electron chi connectivity index (χ4n) is 2.22. The highest BCUT2D eigenvalue weighted by molar-refractivity contribution is 7.99. The van der Waals surface area contributed by atoms with Crippen LogP contribution in [0.1, 0.15) is 11.4 Å². The molecule has 1 aromatic heterocycles. The topological polar surface area (TPSA) is 73.0 Å². The predicted octanol–water partition coefficient (Wildman–Crippen LogP) is 4.09. The van der Waals surface area contributed by atoms with Gasteiger partial charge in [-0.15, -0.1) is 10.2 Å². The molecule has 2 aromatic carbocycles. The van der Waals surface area contributed by atoms with Gasteiger partial charge in [0.1, 0.15) is 18.1 Å². The van der Waals surface area contributed by atoms with Crippen LogP contribution >= 0.6 is 23.4 Å². The summed E-state index contributed by atoms with van der Waals surface area (Å²) in [5, 5.41) is 18.5. The van der Waals surface area contributed by atoms with Crippen LogP contribution in [0.15, 0.2) is 53.7 Å². The summed E-state index contributed by atoms with van der Waals surface area (Å²) in [7, 11) is 1.90. The zero-order valence-electron chi connectivity index (χ0n) is 14.6. The number of thioether (sulfide) groups is 1. The van der Waals surface area contributed by atoms with Crippen molar-refractivity contribution in [2.45, 2.75) is 11.8 Å². The van der Waals surface area contributed by atoms with E-state index in [0.717, 1.165) is 16.7 Å². The average molecular weight is 401 g/mol. The highest BCUT2D eigenvalue weighted by Crippen LogP contribution is 2.24. The van der Waals surface area contributed by atoms with Gasteiger partial charge in [-0.25, -0.2) is 0 Å². The molecule has 0 amide bonds. The Morgan fingerprint density at radius 1 is 1.11 bits per heavy atom. The van der Waals surface area contributed by atoms with Crippen LogP contribution in [0.3, 0.4) is 0 Å². The van der Waals surface area contributed by atoms with E-state index in [1.165, 1.54) is 0 Å². The lowest BCUT2D eigenvalue weighted by Gasteiger charge is -2.08. The van der Waals surface area contributed by atoms with Gasteiger partial charge in [0.2, 0.25) is 0 Å². The molecule has 0 bridgehead atoms. The Morgan fingerprint density at radius 3 is 2.63 bits per heavy atom. The molecule has 0 aliphatic carbocycles. The molecule has 0 saturated carbocycles. The summed E-state index contributed by atoms with van der Waals surface area (Å²) >= 11 is 7.64. The van der Waals surface area contributed by atoms with Gasteiger partial charge in [-0.3, -0.25) is 0 Å². The van der Waals surface area contributed by atoms with Crippen LogP contribution in [0.25, 0.3) is 0 Å². The lowest BCUT2D eigenvalue weighted by molar-refractivity contribution is 0.290. The standard InChI is InChI=1S/C19H17ClN4O2S/c1-24-18(13-26-17-5-3-2-4-16(17)20)22-23-19(24)27-11-10-25-15-8-6-14(12-21)7-9-15/h2-9H,10-11,13H2,1H3. The average Bonchev–Trinajstić information content (AvgIpc) is 3.05. The van der Waals surface area contributed by atoms with Gasteiger partial charge >= 0.3 is 0 Å². The maximum absolute atomic E-state index is 8.79. The van der Waals surface area contributed by atoms with Gasteiger partial charge in [0.25, 0.3) is 0 Å². The molecule has 0 spiro atoms. The molecule has 3 rings (SSSR count). The molecule has 0 aliphatic heterocycles. The van der Waals surface area contributed by atoms with E-state index in [-0.39, 0.29) is 6.61 Å². The molecule has 27 heavy (non-hydrogen) atoms. The Kier molecular flexibility index (Phi) is 6.58. The van der Waals surface area contributed by atoms with E-state index in [4.69, 9.17) is 26.3 Å². The first-order valence-corrected chi connectivity index (χ1v) is 9.55. The minimum absolute atomic E-state index is 0.287. The molecule has 0 fully saturated rings. The summed E-state index contributed by atoms with van der Waals surface area (Å²) in [5.74, 6) is 2.79. The third-order valence-electron chi connectivity index (χ3n) is 3.69. The third kappa shape index (κ3) is 5.16. The summed E-state index contributed by atoms with van der Waals surface area (Å²) in [6, 6.07) is 16.4. The molecule has 0 atom stereocenters. The van der Waals surface area contributed by atoms with Crippen molar-refractivity contribution >= 4 is 23.4 Å². The van der Waals surface area contributed by atoms with Crippen molar-refractivity contribution in [3.05, 3.63) is 64.9 Å². The van der Waals surface area contributed by atoms with Gasteiger partial charge in [-0.2, -0.15) is 5.26 Å². The van der Waals surface area contributed by atoms with Crippen molar-refractivity contribution in [2.75, 3.05) is 12.4 Å². The zero-order chi connectivity index (χ0) is 19.1. The fourth-order valence-corrected chi connectivity index (χ4v) is 3.16. The monoisotopic (exact) mass is 400 g/mol. The maximum atomic E-state index is 8.79. The van der Waals surface area contributed by atoms with Crippen LogP contribution in [0.4, 0.5) is 0 Å². The summed E-state index contributed by atoms with van der Waals surface area (Å²) in [5.41, 5.74) is 0.613. The quantitative estimate of drug-likeness (QED) is 0.419. The predicted molar refractivity (Wildman–Crippen MR) is 104 cm³/mol. The Balaban J connectivity index is 1.47. The lowest BCUT2D eigenvalue weighted by atomic mass is 10.2. The van der Waals surface area contributed by atoms with Crippen LogP contribution in [-0.4, -0.2) is 27.1 Å². The second-order valence-electron chi connectivity index (χ2n) is 5.51. The molecule has 3 aromatic rings. The Labute approximate surface area is 166 Å². The van der Waals surface area contributed by atoms with Crippen LogP contribution in [0.5, 0.6) is 11.5 Å². The van der Waals surface area contributed by atoms with Crippen molar-refractivity contribution in [1.82, 2.24) is 14.8 Å². The largest absolute Gasteiger partial charge is 0.493 e. The smallest absolute Gasteiger partial charge is 0.191 e. The molecule has 0 N–H and O–H groups in total. The number of nitrogens with zero attached hydrogens (tertiary/aromatic N) is 4. The summed E-state index contributed by atoms with van der Waals surface area (Å²) in [6.45, 7) is 0.810. The molecular formula is C19H17ClN4O2S. The van der Waals surface area contributed by atoms with Gasteiger partial charge in [0, 0.05) is 12.8 Å². The number of hydrogen-bond donors (Lipinski definition) is 0. The van der Waals surface area contributed by atoms with E-state index >= 15 is 0 Å². The molecule has 0 saturated heterocycles. The first-order valence-electron chi connectivity index (χ1n) is 8.18. The maximum Gasteiger partial charge on any atom is 0.191 e. The number of halogens is 1. The summed E-state index contributed by atoms with van der Waals surface area (Å²) in [4.78, 5) is 0. The number of para-hydroxylation sites is 1. The number of aromatic nitrogens is 3. The number of rotatable bonds is 8. The molecule has 8 heteroatoms. The van der Waals surface area contributed by atoms with Crippen molar-refractivity contribution in [3.63, 3.8) is 0 Å². The second kappa shape index (κ2) is 9.31. The number of ether oxygens (including phenoxy) is 2. The molecule has 1 heterocycles. The number of hydrogen-bond acceptors (Lipinski definition) is 6. The van der Waals surface area contributed by atoms with Gasteiger partial charge in [0.05, 0.1) is 23.3 Å². The van der Waals surface area contributed by atoms with Crippen molar-refractivity contribution in [1.29, 1.82) is 5.26 Å². The molecule has 0 radical (unpaired) electrons. The summed E-state index contributed by atoms with van der Waals surface area (Å²) < 4.78 is 13.3. The highest BCUT2D eigenvalue weighted by atomic mass is 35.5. The van der Waals surface area contributed by atoms with Crippen molar-refractivity contribution in [2.24, 2.45) is 7.05 Å². The number of nitriles is 1. The van der Waals surface area contributed by atoms with Crippen molar-refractivity contribution in [3.8, 4) is 17.6 Å². The molecular weight excluding hydrogens is 384 g/mol. The van der Waals surface area contributed by atoms with Crippen LogP contribution in [0, 0.1) is 11.3 Å². The summed E-state index contributed by atoms with van der Waals surface area (Å²) in [6.07, 6.45) is 0. The van der Waals surface area contributed by atoms with E-state index in [1.54, 1.807) is 42.1 Å². The fraction of sp³-hybridized carbons (Fsp3) is 0.211. The Bertz CT molecular complexity index is 938. The van der Waals surface area contributed by atoms with E-state index < -0.39 is 0 Å². The highest BCUT2D eigenvalue weighted by Gasteiger charge is 2.10. The normalized spacial score (nSPS) is 10.4. The van der Waals surface area contributed by atoms with Crippen molar-refractivity contribution < 1.29 is 9.47 Å². The van der Waals surface area contributed by atoms with Gasteiger partial charge in [-0.05, 0) is 36.4 Å². The van der Waals surface area contributed by atoms with Crippen LogP contribution in [0.2, 0.25) is 5.02 Å². The van der Waals surface area contributed by atoms with E-state index in [9.17, 15) is 0 Å². The molecule has 0 unspecified atom stereocenters.